The van der Waals surface area contributed by atoms with E-state index in [4.69, 9.17) is 0 Å². The van der Waals surface area contributed by atoms with Gasteiger partial charge in [-0.3, -0.25) is 0 Å². The van der Waals surface area contributed by atoms with Gasteiger partial charge in [0.25, 0.3) is 0 Å². The van der Waals surface area contributed by atoms with Gasteiger partial charge < -0.3 is 4.67 Å². The normalized spacial score (nSPS) is 15.4. The molecule has 2 nitrogen and oxygen atoms in total. The molecule has 1 aliphatic heterocycles. The van der Waals surface area contributed by atoms with E-state index in [0.29, 0.717) is 0 Å². The topological polar surface area (TPSA) is 16.1 Å². The third-order valence-corrected chi connectivity index (χ3v) is 3.14. The SMILES string of the molecule is CCCc1ccc2c(n1)N(P)CCC2. The van der Waals surface area contributed by atoms with Crippen molar-refractivity contribution in [3.63, 3.8) is 0 Å². The lowest BCUT2D eigenvalue weighted by Gasteiger charge is -2.26. The van der Waals surface area contributed by atoms with Gasteiger partial charge in [0.1, 0.15) is 5.82 Å². The molecule has 1 unspecified atom stereocenters. The number of aryl methyl sites for hydroxylation is 2. The Bertz CT molecular complexity index is 325. The zero-order chi connectivity index (χ0) is 9.97. The van der Waals surface area contributed by atoms with Crippen molar-refractivity contribution in [2.24, 2.45) is 0 Å². The molecule has 0 aromatic carbocycles. The first-order valence-electron chi connectivity index (χ1n) is 5.32. The van der Waals surface area contributed by atoms with E-state index in [2.05, 4.69) is 38.1 Å². The van der Waals surface area contributed by atoms with Crippen LogP contribution in [0.2, 0.25) is 0 Å². The van der Waals surface area contributed by atoms with Crippen molar-refractivity contribution < 1.29 is 0 Å². The second-order valence-corrected chi connectivity index (χ2v) is 4.46. The maximum absolute atomic E-state index is 4.69. The summed E-state index contributed by atoms with van der Waals surface area (Å²) in [6.07, 6.45) is 4.68. The fraction of sp³-hybridized carbons (Fsp3) is 0.545. The second kappa shape index (κ2) is 4.27. The molecule has 2 rings (SSSR count). The molecule has 1 aromatic rings. The first kappa shape index (κ1) is 9.92. The molecular weight excluding hydrogens is 191 g/mol. The van der Waals surface area contributed by atoms with Crippen molar-refractivity contribution in [3.8, 4) is 0 Å². The van der Waals surface area contributed by atoms with Gasteiger partial charge in [-0.1, -0.05) is 19.4 Å². The summed E-state index contributed by atoms with van der Waals surface area (Å²) in [4.78, 5) is 4.69. The Balaban J connectivity index is 2.31. The lowest BCUT2D eigenvalue weighted by atomic mass is 10.1. The predicted molar refractivity (Wildman–Crippen MR) is 63.6 cm³/mol. The molecule has 2 heterocycles. The smallest absolute Gasteiger partial charge is 0.134 e. The van der Waals surface area contributed by atoms with Gasteiger partial charge in [-0.15, -0.1) is 0 Å². The first-order valence-corrected chi connectivity index (χ1v) is 5.84. The Kier molecular flexibility index (Phi) is 3.02. The molecule has 0 aliphatic carbocycles. The van der Waals surface area contributed by atoms with Gasteiger partial charge >= 0.3 is 0 Å². The van der Waals surface area contributed by atoms with E-state index in [-0.39, 0.29) is 0 Å². The average molecular weight is 208 g/mol. The molecule has 3 heteroatoms. The van der Waals surface area contributed by atoms with Crippen LogP contribution in [0.25, 0.3) is 0 Å². The number of anilines is 1. The van der Waals surface area contributed by atoms with Crippen LogP contribution in [0.5, 0.6) is 0 Å². The average Bonchev–Trinajstić information content (AvgIpc) is 2.20. The van der Waals surface area contributed by atoms with Crippen molar-refractivity contribution in [1.82, 2.24) is 4.98 Å². The molecule has 0 radical (unpaired) electrons. The summed E-state index contributed by atoms with van der Waals surface area (Å²) in [5.74, 6) is 1.17. The van der Waals surface area contributed by atoms with E-state index < -0.39 is 0 Å². The molecule has 1 atom stereocenters. The van der Waals surface area contributed by atoms with Crippen molar-refractivity contribution in [1.29, 1.82) is 0 Å². The standard InChI is InChI=1S/C11H17N2P/c1-2-4-10-7-6-9-5-3-8-13(14)11(9)12-10/h6-7H,2-5,8,14H2,1H3. The van der Waals surface area contributed by atoms with Gasteiger partial charge in [0.05, 0.1) is 0 Å². The third kappa shape index (κ3) is 1.90. The van der Waals surface area contributed by atoms with Gasteiger partial charge in [0.2, 0.25) is 0 Å². The van der Waals surface area contributed by atoms with Gasteiger partial charge in [0, 0.05) is 12.2 Å². The van der Waals surface area contributed by atoms with Crippen molar-refractivity contribution in [3.05, 3.63) is 23.4 Å². The van der Waals surface area contributed by atoms with E-state index in [1.54, 1.807) is 0 Å². The second-order valence-electron chi connectivity index (χ2n) is 3.83. The maximum atomic E-state index is 4.69. The molecule has 0 saturated carbocycles. The van der Waals surface area contributed by atoms with Crippen LogP contribution >= 0.6 is 9.39 Å². The Morgan fingerprint density at radius 2 is 2.36 bits per heavy atom. The zero-order valence-corrected chi connectivity index (χ0v) is 9.82. The molecule has 76 valence electrons. The Hall–Kier alpha value is -0.620. The highest BCUT2D eigenvalue weighted by molar-refractivity contribution is 7.19. The van der Waals surface area contributed by atoms with E-state index in [9.17, 15) is 0 Å². The minimum absolute atomic E-state index is 1.09. The number of hydrogen-bond acceptors (Lipinski definition) is 2. The number of fused-ring (bicyclic) bond motifs is 1. The van der Waals surface area contributed by atoms with Crippen LogP contribution < -0.4 is 4.67 Å². The Labute approximate surface area is 88.0 Å². The summed E-state index contributed by atoms with van der Waals surface area (Å²) in [6.45, 7) is 3.31. The van der Waals surface area contributed by atoms with Crippen molar-refractivity contribution in [2.45, 2.75) is 32.6 Å². The van der Waals surface area contributed by atoms with Crippen LogP contribution in [0.1, 0.15) is 31.0 Å². The Morgan fingerprint density at radius 1 is 1.50 bits per heavy atom. The number of rotatable bonds is 2. The van der Waals surface area contributed by atoms with Gasteiger partial charge in [-0.05, 0) is 40.3 Å². The quantitative estimate of drug-likeness (QED) is 0.694. The summed E-state index contributed by atoms with van der Waals surface area (Å²) in [5, 5.41) is 0. The molecule has 1 aliphatic rings. The van der Waals surface area contributed by atoms with Crippen LogP contribution in [-0.4, -0.2) is 11.5 Å². The van der Waals surface area contributed by atoms with Crippen molar-refractivity contribution in [2.75, 3.05) is 11.2 Å². The Morgan fingerprint density at radius 3 is 3.14 bits per heavy atom. The summed E-state index contributed by atoms with van der Waals surface area (Å²) >= 11 is 0. The first-order chi connectivity index (χ1) is 6.81. The summed E-state index contributed by atoms with van der Waals surface area (Å²) < 4.78 is 2.19. The highest BCUT2D eigenvalue weighted by atomic mass is 31.0. The summed E-state index contributed by atoms with van der Waals surface area (Å²) in [5.41, 5.74) is 2.62. The van der Waals surface area contributed by atoms with Crippen LogP contribution in [0, 0.1) is 0 Å². The molecule has 0 fully saturated rings. The fourth-order valence-electron chi connectivity index (χ4n) is 1.90. The molecule has 0 spiro atoms. The van der Waals surface area contributed by atoms with E-state index >= 15 is 0 Å². The molecule has 0 bridgehead atoms. The molecule has 1 aromatic heterocycles. The largest absolute Gasteiger partial charge is 0.341 e. The van der Waals surface area contributed by atoms with Gasteiger partial charge in [-0.2, -0.15) is 0 Å². The number of pyridine rings is 1. The lowest BCUT2D eigenvalue weighted by Crippen LogP contribution is -2.20. The van der Waals surface area contributed by atoms with Crippen LogP contribution in [0.4, 0.5) is 5.82 Å². The third-order valence-electron chi connectivity index (χ3n) is 2.64. The lowest BCUT2D eigenvalue weighted by molar-refractivity contribution is 0.771. The number of aromatic nitrogens is 1. The van der Waals surface area contributed by atoms with E-state index in [1.165, 1.54) is 36.3 Å². The van der Waals surface area contributed by atoms with Gasteiger partial charge in [0.15, 0.2) is 0 Å². The summed E-state index contributed by atoms with van der Waals surface area (Å²) in [7, 11) is 2.76. The highest BCUT2D eigenvalue weighted by Crippen LogP contribution is 2.27. The van der Waals surface area contributed by atoms with Crippen LogP contribution in [0.3, 0.4) is 0 Å². The molecular formula is C11H17N2P. The minimum Gasteiger partial charge on any atom is -0.341 e. The van der Waals surface area contributed by atoms with Crippen molar-refractivity contribution >= 4 is 15.2 Å². The minimum atomic E-state index is 1.09. The van der Waals surface area contributed by atoms with Gasteiger partial charge in [-0.25, -0.2) is 4.98 Å². The number of nitrogens with zero attached hydrogens (tertiary/aromatic N) is 2. The van der Waals surface area contributed by atoms with E-state index in [1.807, 2.05) is 0 Å². The molecule has 0 N–H and O–H groups in total. The van der Waals surface area contributed by atoms with Crippen LogP contribution in [0.15, 0.2) is 12.1 Å². The molecule has 14 heavy (non-hydrogen) atoms. The summed E-state index contributed by atoms with van der Waals surface area (Å²) in [6, 6.07) is 4.41. The maximum Gasteiger partial charge on any atom is 0.134 e. The molecule has 0 saturated heterocycles. The van der Waals surface area contributed by atoms with Crippen LogP contribution in [-0.2, 0) is 12.8 Å². The predicted octanol–water partition coefficient (Wildman–Crippen LogP) is 2.58. The zero-order valence-electron chi connectivity index (χ0n) is 8.66. The monoisotopic (exact) mass is 208 g/mol. The number of hydrogen-bond donors (Lipinski definition) is 0. The molecule has 0 amide bonds. The van der Waals surface area contributed by atoms with E-state index in [0.717, 1.165) is 13.0 Å². The highest BCUT2D eigenvalue weighted by Gasteiger charge is 2.14. The fourth-order valence-corrected chi connectivity index (χ4v) is 2.31.